The van der Waals surface area contributed by atoms with Crippen molar-refractivity contribution in [1.29, 1.82) is 0 Å². The fourth-order valence-electron chi connectivity index (χ4n) is 1.67. The molecule has 2 N–H and O–H groups in total. The van der Waals surface area contributed by atoms with Gasteiger partial charge in [0.25, 0.3) is 0 Å². The molecule has 0 unspecified atom stereocenters. The van der Waals surface area contributed by atoms with Crippen molar-refractivity contribution in [2.75, 3.05) is 6.54 Å². The molecule has 2 rings (SSSR count). The number of nitrogens with zero attached hydrogens (tertiary/aromatic N) is 2. The zero-order chi connectivity index (χ0) is 13.7. The summed E-state index contributed by atoms with van der Waals surface area (Å²) in [4.78, 5) is 19.7. The molecule has 0 aromatic carbocycles. The van der Waals surface area contributed by atoms with Gasteiger partial charge in [0.05, 0.1) is 16.4 Å². The van der Waals surface area contributed by atoms with E-state index in [0.29, 0.717) is 17.1 Å². The van der Waals surface area contributed by atoms with Gasteiger partial charge < -0.3 is 10.4 Å². The Morgan fingerprint density at radius 3 is 2.95 bits per heavy atom. The number of carboxylic acid groups (broad SMARTS) is 1. The number of hydrogen-bond acceptors (Lipinski definition) is 5. The molecular weight excluding hydrogens is 262 g/mol. The first kappa shape index (κ1) is 13.6. The molecule has 0 aliphatic heterocycles. The molecule has 2 aromatic heterocycles. The molecule has 6 heteroatoms. The Balaban J connectivity index is 1.80. The van der Waals surface area contributed by atoms with Gasteiger partial charge in [0.1, 0.15) is 4.88 Å². The molecule has 2 aromatic rings. The molecule has 0 aliphatic rings. The van der Waals surface area contributed by atoms with Crippen molar-refractivity contribution in [3.63, 3.8) is 0 Å². The van der Waals surface area contributed by atoms with E-state index in [2.05, 4.69) is 15.3 Å². The van der Waals surface area contributed by atoms with E-state index >= 15 is 0 Å². The number of aromatic carboxylic acids is 1. The second kappa shape index (κ2) is 6.40. The van der Waals surface area contributed by atoms with Crippen LogP contribution in [-0.4, -0.2) is 27.6 Å². The fourth-order valence-corrected chi connectivity index (χ4v) is 2.58. The van der Waals surface area contributed by atoms with Crippen LogP contribution >= 0.6 is 11.3 Å². The first-order valence-corrected chi connectivity index (χ1v) is 6.78. The molecule has 0 radical (unpaired) electrons. The Labute approximate surface area is 115 Å². The second-order valence-electron chi connectivity index (χ2n) is 4.08. The van der Waals surface area contributed by atoms with E-state index in [1.54, 1.807) is 13.1 Å². The minimum absolute atomic E-state index is 0.333. The molecule has 0 saturated carbocycles. The van der Waals surface area contributed by atoms with Crippen molar-refractivity contribution in [3.05, 3.63) is 45.7 Å². The molecule has 2 heterocycles. The van der Waals surface area contributed by atoms with Crippen LogP contribution in [0.1, 0.15) is 26.1 Å². The predicted octanol–water partition coefficient (Wildman–Crippen LogP) is 1.88. The van der Waals surface area contributed by atoms with Gasteiger partial charge in [0, 0.05) is 25.7 Å². The molecule has 5 nitrogen and oxygen atoms in total. The summed E-state index contributed by atoms with van der Waals surface area (Å²) < 4.78 is 0. The van der Waals surface area contributed by atoms with Crippen molar-refractivity contribution in [2.24, 2.45) is 0 Å². The van der Waals surface area contributed by atoms with Crippen LogP contribution < -0.4 is 5.32 Å². The number of carbonyl (C=O) groups is 1. The number of hydrogen-bond donors (Lipinski definition) is 2. The Morgan fingerprint density at radius 2 is 2.32 bits per heavy atom. The molecule has 0 bridgehead atoms. The zero-order valence-corrected chi connectivity index (χ0v) is 11.4. The topological polar surface area (TPSA) is 75.1 Å². The van der Waals surface area contributed by atoms with Gasteiger partial charge in [0.2, 0.25) is 0 Å². The lowest BCUT2D eigenvalue weighted by Gasteiger charge is -2.02. The van der Waals surface area contributed by atoms with E-state index in [-0.39, 0.29) is 0 Å². The molecule has 100 valence electrons. The minimum atomic E-state index is -0.900. The standard InChI is InChI=1S/C13H15N3O2S/c1-9-12(13(17)18)19-11(16-9)5-7-14-8-10-4-2-3-6-15-10/h2-4,6,14H,5,7-8H2,1H3,(H,17,18). The Hall–Kier alpha value is -1.79. The summed E-state index contributed by atoms with van der Waals surface area (Å²) in [6.45, 7) is 3.18. The second-order valence-corrected chi connectivity index (χ2v) is 5.16. The highest BCUT2D eigenvalue weighted by atomic mass is 32.1. The smallest absolute Gasteiger partial charge is 0.347 e. The lowest BCUT2D eigenvalue weighted by molar-refractivity contribution is 0.0701. The van der Waals surface area contributed by atoms with E-state index in [9.17, 15) is 4.79 Å². The van der Waals surface area contributed by atoms with Gasteiger partial charge in [-0.15, -0.1) is 11.3 Å². The predicted molar refractivity (Wildman–Crippen MR) is 73.5 cm³/mol. The first-order chi connectivity index (χ1) is 9.16. The molecular formula is C13H15N3O2S. The van der Waals surface area contributed by atoms with Crippen molar-refractivity contribution >= 4 is 17.3 Å². The summed E-state index contributed by atoms with van der Waals surface area (Å²) >= 11 is 1.25. The number of aromatic nitrogens is 2. The summed E-state index contributed by atoms with van der Waals surface area (Å²) in [6, 6.07) is 5.80. The summed E-state index contributed by atoms with van der Waals surface area (Å²) in [5.41, 5.74) is 1.58. The number of pyridine rings is 1. The van der Waals surface area contributed by atoms with Gasteiger partial charge in [-0.05, 0) is 19.1 Å². The van der Waals surface area contributed by atoms with Gasteiger partial charge in [-0.1, -0.05) is 6.07 Å². The highest BCUT2D eigenvalue weighted by Gasteiger charge is 2.13. The zero-order valence-electron chi connectivity index (χ0n) is 10.6. The average molecular weight is 277 g/mol. The maximum absolute atomic E-state index is 10.9. The van der Waals surface area contributed by atoms with Crippen molar-refractivity contribution in [3.8, 4) is 0 Å². The van der Waals surface area contributed by atoms with Crippen LogP contribution in [0, 0.1) is 6.92 Å². The maximum Gasteiger partial charge on any atom is 0.347 e. The molecule has 0 fully saturated rings. The van der Waals surface area contributed by atoms with Crippen LogP contribution in [-0.2, 0) is 13.0 Å². The Kier molecular flexibility index (Phi) is 4.59. The van der Waals surface area contributed by atoms with E-state index in [4.69, 9.17) is 5.11 Å². The third-order valence-electron chi connectivity index (χ3n) is 2.58. The number of aryl methyl sites for hydroxylation is 1. The van der Waals surface area contributed by atoms with Crippen molar-refractivity contribution in [1.82, 2.24) is 15.3 Å². The van der Waals surface area contributed by atoms with Crippen LogP contribution in [0.4, 0.5) is 0 Å². The summed E-state index contributed by atoms with van der Waals surface area (Å²) in [5.74, 6) is -0.900. The highest BCUT2D eigenvalue weighted by molar-refractivity contribution is 7.13. The normalized spacial score (nSPS) is 10.6. The van der Waals surface area contributed by atoms with Gasteiger partial charge in [-0.25, -0.2) is 9.78 Å². The third-order valence-corrected chi connectivity index (χ3v) is 3.79. The summed E-state index contributed by atoms with van der Waals surface area (Å²) in [6.07, 6.45) is 2.49. The van der Waals surface area contributed by atoms with Crippen LogP contribution in [0.5, 0.6) is 0 Å². The average Bonchev–Trinajstić information content (AvgIpc) is 2.77. The SMILES string of the molecule is Cc1nc(CCNCc2ccccn2)sc1C(=O)O. The molecule has 0 atom stereocenters. The van der Waals surface area contributed by atoms with E-state index in [1.807, 2.05) is 18.2 Å². The summed E-state index contributed by atoms with van der Waals surface area (Å²) in [7, 11) is 0. The van der Waals surface area contributed by atoms with E-state index in [0.717, 1.165) is 23.7 Å². The van der Waals surface area contributed by atoms with E-state index in [1.165, 1.54) is 11.3 Å². The monoisotopic (exact) mass is 277 g/mol. The van der Waals surface area contributed by atoms with Gasteiger partial charge in [-0.3, -0.25) is 4.98 Å². The van der Waals surface area contributed by atoms with Crippen molar-refractivity contribution < 1.29 is 9.90 Å². The summed E-state index contributed by atoms with van der Waals surface area (Å²) in [5, 5.41) is 13.1. The molecule has 0 saturated heterocycles. The Bertz CT molecular complexity index is 554. The first-order valence-electron chi connectivity index (χ1n) is 5.97. The quantitative estimate of drug-likeness (QED) is 0.788. The van der Waals surface area contributed by atoms with Crippen LogP contribution in [0.2, 0.25) is 0 Å². The van der Waals surface area contributed by atoms with Crippen molar-refractivity contribution in [2.45, 2.75) is 19.9 Å². The largest absolute Gasteiger partial charge is 0.477 e. The number of rotatable bonds is 6. The van der Waals surface area contributed by atoms with Crippen LogP contribution in [0.25, 0.3) is 0 Å². The number of thiazole rings is 1. The fraction of sp³-hybridized carbons (Fsp3) is 0.308. The molecule has 0 amide bonds. The van der Waals surface area contributed by atoms with Gasteiger partial charge in [0.15, 0.2) is 0 Å². The number of nitrogens with one attached hydrogen (secondary N) is 1. The third kappa shape index (κ3) is 3.84. The number of carboxylic acids is 1. The highest BCUT2D eigenvalue weighted by Crippen LogP contribution is 2.18. The maximum atomic E-state index is 10.9. The van der Waals surface area contributed by atoms with Crippen LogP contribution in [0.15, 0.2) is 24.4 Å². The lowest BCUT2D eigenvalue weighted by atomic mass is 10.3. The van der Waals surface area contributed by atoms with Gasteiger partial charge >= 0.3 is 5.97 Å². The van der Waals surface area contributed by atoms with Crippen LogP contribution in [0.3, 0.4) is 0 Å². The molecule has 0 spiro atoms. The van der Waals surface area contributed by atoms with E-state index < -0.39 is 5.97 Å². The minimum Gasteiger partial charge on any atom is -0.477 e. The molecule has 19 heavy (non-hydrogen) atoms. The van der Waals surface area contributed by atoms with Gasteiger partial charge in [-0.2, -0.15) is 0 Å². The molecule has 0 aliphatic carbocycles. The Morgan fingerprint density at radius 1 is 1.47 bits per heavy atom. The lowest BCUT2D eigenvalue weighted by Crippen LogP contribution is -2.17.